The summed E-state index contributed by atoms with van der Waals surface area (Å²) in [5.41, 5.74) is 5.15. The molecular formula is C29H28N6O4. The van der Waals surface area contributed by atoms with Crippen LogP contribution in [0.15, 0.2) is 48.7 Å². The number of piperidine rings is 1. The summed E-state index contributed by atoms with van der Waals surface area (Å²) < 4.78 is 0. The number of benzene rings is 2. The van der Waals surface area contributed by atoms with Crippen LogP contribution in [0.5, 0.6) is 0 Å². The summed E-state index contributed by atoms with van der Waals surface area (Å²) in [6.45, 7) is 0.595. The Kier molecular flexibility index (Phi) is 6.52. The van der Waals surface area contributed by atoms with E-state index in [1.54, 1.807) is 24.4 Å². The van der Waals surface area contributed by atoms with Crippen LogP contribution in [0, 0.1) is 0 Å². The zero-order valence-corrected chi connectivity index (χ0v) is 21.3. The van der Waals surface area contributed by atoms with Gasteiger partial charge in [0.2, 0.25) is 17.8 Å². The Hall–Kier alpha value is -4.60. The average molecular weight is 525 g/mol. The number of aryl methyl sites for hydroxylation is 3. The van der Waals surface area contributed by atoms with Gasteiger partial charge in [0.15, 0.2) is 0 Å². The van der Waals surface area contributed by atoms with Crippen molar-refractivity contribution in [1.29, 1.82) is 0 Å². The summed E-state index contributed by atoms with van der Waals surface area (Å²) in [7, 11) is 0. The summed E-state index contributed by atoms with van der Waals surface area (Å²) in [4.78, 5) is 60.0. The first-order valence-corrected chi connectivity index (χ1v) is 13.3. The zero-order valence-electron chi connectivity index (χ0n) is 21.3. The van der Waals surface area contributed by atoms with Gasteiger partial charge in [-0.1, -0.05) is 18.2 Å². The summed E-state index contributed by atoms with van der Waals surface area (Å²) in [6, 6.07) is 12.4. The highest BCUT2D eigenvalue weighted by Crippen LogP contribution is 2.30. The van der Waals surface area contributed by atoms with Crippen LogP contribution in [0.3, 0.4) is 0 Å². The normalized spacial score (nSPS) is 18.2. The second kappa shape index (κ2) is 10.3. The third-order valence-corrected chi connectivity index (χ3v) is 7.49. The molecule has 3 aromatic rings. The molecule has 1 fully saturated rings. The van der Waals surface area contributed by atoms with E-state index in [4.69, 9.17) is 0 Å². The highest BCUT2D eigenvalue weighted by molar-refractivity contribution is 6.24. The van der Waals surface area contributed by atoms with Gasteiger partial charge in [0.05, 0.1) is 11.1 Å². The van der Waals surface area contributed by atoms with Crippen molar-refractivity contribution in [3.63, 3.8) is 0 Å². The number of carbonyl (C=O) groups is 4. The number of fused-ring (bicyclic) bond motifs is 2. The molecule has 1 saturated heterocycles. The number of anilines is 3. The van der Waals surface area contributed by atoms with Gasteiger partial charge in [-0.25, -0.2) is 4.98 Å². The molecule has 3 aliphatic rings. The third kappa shape index (κ3) is 4.85. The van der Waals surface area contributed by atoms with E-state index in [2.05, 4.69) is 44.1 Å². The third-order valence-electron chi connectivity index (χ3n) is 7.49. The van der Waals surface area contributed by atoms with Gasteiger partial charge < -0.3 is 10.6 Å². The fourth-order valence-electron chi connectivity index (χ4n) is 5.58. The molecule has 2 aliphatic heterocycles. The number of nitrogens with one attached hydrogen (secondary N) is 3. The molecule has 3 N–H and O–H groups in total. The average Bonchev–Trinajstić information content (AvgIpc) is 3.49. The van der Waals surface area contributed by atoms with Gasteiger partial charge in [-0.2, -0.15) is 4.98 Å². The predicted molar refractivity (Wildman–Crippen MR) is 144 cm³/mol. The molecule has 39 heavy (non-hydrogen) atoms. The Labute approximate surface area is 225 Å². The Morgan fingerprint density at radius 3 is 2.72 bits per heavy atom. The lowest BCUT2D eigenvalue weighted by atomic mass is 9.99. The van der Waals surface area contributed by atoms with Gasteiger partial charge >= 0.3 is 0 Å². The first-order chi connectivity index (χ1) is 19.0. The van der Waals surface area contributed by atoms with E-state index in [-0.39, 0.29) is 12.8 Å². The molecule has 10 heteroatoms. The van der Waals surface area contributed by atoms with E-state index in [0.29, 0.717) is 42.3 Å². The van der Waals surface area contributed by atoms with Gasteiger partial charge in [0.25, 0.3) is 11.8 Å². The molecule has 1 atom stereocenters. The maximum absolute atomic E-state index is 13.3. The molecule has 1 aliphatic carbocycles. The number of nitrogens with zero attached hydrogens (tertiary/aromatic N) is 3. The molecule has 1 unspecified atom stereocenters. The molecule has 0 saturated carbocycles. The lowest BCUT2D eigenvalue weighted by Gasteiger charge is -2.27. The predicted octanol–water partition coefficient (Wildman–Crippen LogP) is 3.15. The van der Waals surface area contributed by atoms with Crippen LogP contribution in [0.4, 0.5) is 17.5 Å². The van der Waals surface area contributed by atoms with E-state index in [0.717, 1.165) is 29.0 Å². The van der Waals surface area contributed by atoms with Gasteiger partial charge in [-0.15, -0.1) is 0 Å². The maximum Gasteiger partial charge on any atom is 0.262 e. The molecule has 0 spiro atoms. The van der Waals surface area contributed by atoms with E-state index in [1.165, 1.54) is 17.5 Å². The van der Waals surface area contributed by atoms with E-state index >= 15 is 0 Å². The molecule has 198 valence electrons. The van der Waals surface area contributed by atoms with Crippen LogP contribution in [-0.4, -0.2) is 51.1 Å². The number of imide groups is 2. The minimum absolute atomic E-state index is 0.0932. The number of hydrogen-bond acceptors (Lipinski definition) is 8. The van der Waals surface area contributed by atoms with Crippen molar-refractivity contribution in [2.75, 3.05) is 17.2 Å². The Morgan fingerprint density at radius 1 is 0.974 bits per heavy atom. The first-order valence-electron chi connectivity index (χ1n) is 13.3. The quantitative estimate of drug-likeness (QED) is 0.302. The van der Waals surface area contributed by atoms with Gasteiger partial charge in [0, 0.05) is 24.8 Å². The molecule has 10 nitrogen and oxygen atoms in total. The van der Waals surface area contributed by atoms with Crippen molar-refractivity contribution in [2.45, 2.75) is 51.0 Å². The van der Waals surface area contributed by atoms with Crippen molar-refractivity contribution in [2.24, 2.45) is 0 Å². The number of amides is 4. The van der Waals surface area contributed by atoms with Crippen LogP contribution in [-0.2, 0) is 28.9 Å². The lowest BCUT2D eigenvalue weighted by molar-refractivity contribution is -0.136. The van der Waals surface area contributed by atoms with E-state index in [1.807, 2.05) is 6.07 Å². The standard InChI is InChI=1S/C29H28N6O4/c36-24-12-11-22(26(37)34-24)35-27(38)21-8-2-5-18(25(21)28(35)39)7-3-14-30-23-13-15-31-29(33-23)32-20-10-9-17-4-1-6-19(17)16-20/h2,5,8-10,13,15-16,22H,1,3-4,6-7,11-12,14H2,(H,34,36,37)(H2,30,31,32,33). The van der Waals surface area contributed by atoms with Crippen LogP contribution >= 0.6 is 0 Å². The summed E-state index contributed by atoms with van der Waals surface area (Å²) >= 11 is 0. The van der Waals surface area contributed by atoms with Crippen molar-refractivity contribution in [3.05, 3.63) is 76.5 Å². The Bertz CT molecular complexity index is 1500. The highest BCUT2D eigenvalue weighted by Gasteiger charge is 2.45. The SMILES string of the molecule is O=C1CCC(N2C(=O)c3cccc(CCCNc4ccnc(Nc5ccc6c(c5)CCC6)n4)c3C2=O)C(=O)N1. The summed E-state index contributed by atoms with van der Waals surface area (Å²) in [6.07, 6.45) is 6.61. The number of rotatable bonds is 8. The molecule has 1 aromatic heterocycles. The molecular weight excluding hydrogens is 496 g/mol. The summed E-state index contributed by atoms with van der Waals surface area (Å²) in [5, 5.41) is 8.81. The monoisotopic (exact) mass is 524 g/mol. The maximum atomic E-state index is 13.3. The van der Waals surface area contributed by atoms with E-state index < -0.39 is 29.7 Å². The largest absolute Gasteiger partial charge is 0.370 e. The second-order valence-corrected chi connectivity index (χ2v) is 10.0. The van der Waals surface area contributed by atoms with Gasteiger partial charge in [0.1, 0.15) is 11.9 Å². The fraction of sp³-hybridized carbons (Fsp3) is 0.310. The Balaban J connectivity index is 1.07. The minimum atomic E-state index is -0.970. The van der Waals surface area contributed by atoms with Crippen LogP contribution in [0.2, 0.25) is 0 Å². The molecule has 3 heterocycles. The van der Waals surface area contributed by atoms with Crippen LogP contribution in [0.1, 0.15) is 63.1 Å². The molecule has 0 radical (unpaired) electrons. The van der Waals surface area contributed by atoms with Crippen LogP contribution < -0.4 is 16.0 Å². The van der Waals surface area contributed by atoms with Gasteiger partial charge in [-0.3, -0.25) is 29.4 Å². The summed E-state index contributed by atoms with van der Waals surface area (Å²) in [5.74, 6) is -0.782. The Morgan fingerprint density at radius 2 is 1.85 bits per heavy atom. The molecule has 2 aromatic carbocycles. The lowest BCUT2D eigenvalue weighted by Crippen LogP contribution is -2.54. The first kappa shape index (κ1) is 24.7. The van der Waals surface area contributed by atoms with Crippen molar-refractivity contribution in [1.82, 2.24) is 20.2 Å². The minimum Gasteiger partial charge on any atom is -0.370 e. The zero-order chi connectivity index (χ0) is 26.9. The molecule has 0 bridgehead atoms. The molecule has 6 rings (SSSR count). The van der Waals surface area contributed by atoms with Gasteiger partial charge in [-0.05, 0) is 79.5 Å². The number of aromatic nitrogens is 2. The fourth-order valence-corrected chi connectivity index (χ4v) is 5.58. The van der Waals surface area contributed by atoms with Crippen molar-refractivity contribution in [3.8, 4) is 0 Å². The topological polar surface area (TPSA) is 133 Å². The van der Waals surface area contributed by atoms with Crippen molar-refractivity contribution >= 4 is 41.1 Å². The highest BCUT2D eigenvalue weighted by atomic mass is 16.2. The number of carbonyl (C=O) groups excluding carboxylic acids is 4. The smallest absolute Gasteiger partial charge is 0.262 e. The molecule has 4 amide bonds. The number of hydrogen-bond donors (Lipinski definition) is 3. The van der Waals surface area contributed by atoms with Crippen molar-refractivity contribution < 1.29 is 19.2 Å². The van der Waals surface area contributed by atoms with Crippen LogP contribution in [0.25, 0.3) is 0 Å². The van der Waals surface area contributed by atoms with E-state index in [9.17, 15) is 19.2 Å². The second-order valence-electron chi connectivity index (χ2n) is 10.0.